The molecule has 1 aromatic rings. The highest BCUT2D eigenvalue weighted by molar-refractivity contribution is 7.89. The number of rotatable bonds is 7. The van der Waals surface area contributed by atoms with Gasteiger partial charge in [0.2, 0.25) is 10.0 Å². The van der Waals surface area contributed by atoms with Gasteiger partial charge in [-0.1, -0.05) is 11.6 Å². The molecule has 0 saturated heterocycles. The molecule has 0 radical (unpaired) electrons. The van der Waals surface area contributed by atoms with Crippen molar-refractivity contribution in [2.75, 3.05) is 26.4 Å². The summed E-state index contributed by atoms with van der Waals surface area (Å²) in [6.07, 6.45) is 0. The highest BCUT2D eigenvalue weighted by Crippen LogP contribution is 2.21. The summed E-state index contributed by atoms with van der Waals surface area (Å²) in [6.45, 7) is 0.104. The van der Waals surface area contributed by atoms with Crippen molar-refractivity contribution in [1.29, 1.82) is 0 Å². The topological polar surface area (TPSA) is 75.6 Å². The lowest BCUT2D eigenvalue weighted by Crippen LogP contribution is -2.28. The van der Waals surface area contributed by atoms with E-state index in [0.717, 1.165) is 12.1 Å². The minimum Gasteiger partial charge on any atom is -0.394 e. The Bertz CT molecular complexity index is 495. The molecule has 18 heavy (non-hydrogen) atoms. The number of aliphatic hydroxyl groups is 1. The lowest BCUT2D eigenvalue weighted by Gasteiger charge is -2.08. The molecule has 1 rings (SSSR count). The summed E-state index contributed by atoms with van der Waals surface area (Å²) in [7, 11) is -3.87. The molecule has 0 saturated carbocycles. The Hall–Kier alpha value is -0.730. The molecule has 0 fully saturated rings. The molecule has 0 unspecified atom stereocenters. The third-order valence-electron chi connectivity index (χ3n) is 1.96. The number of hydrogen-bond donors (Lipinski definition) is 2. The summed E-state index contributed by atoms with van der Waals surface area (Å²) in [5.74, 6) is -0.684. The second-order valence-corrected chi connectivity index (χ2v) is 5.45. The summed E-state index contributed by atoms with van der Waals surface area (Å²) in [4.78, 5) is -0.314. The summed E-state index contributed by atoms with van der Waals surface area (Å²) in [5, 5.41) is 8.39. The Morgan fingerprint density at radius 1 is 1.39 bits per heavy atom. The first-order valence-electron chi connectivity index (χ1n) is 5.10. The largest absolute Gasteiger partial charge is 0.394 e. The molecule has 5 nitrogen and oxygen atoms in total. The highest BCUT2D eigenvalue weighted by Gasteiger charge is 2.18. The smallest absolute Gasteiger partial charge is 0.242 e. The van der Waals surface area contributed by atoms with Crippen LogP contribution < -0.4 is 4.72 Å². The van der Waals surface area contributed by atoms with Crippen molar-refractivity contribution in [3.05, 3.63) is 29.0 Å². The zero-order chi connectivity index (χ0) is 13.6. The third-order valence-corrected chi connectivity index (χ3v) is 3.90. The third kappa shape index (κ3) is 4.51. The van der Waals surface area contributed by atoms with Crippen molar-refractivity contribution >= 4 is 21.6 Å². The number of aliphatic hydroxyl groups excluding tert-OH is 1. The first kappa shape index (κ1) is 15.3. The van der Waals surface area contributed by atoms with Gasteiger partial charge in [0.05, 0.1) is 24.8 Å². The molecule has 0 spiro atoms. The van der Waals surface area contributed by atoms with Gasteiger partial charge in [-0.05, 0) is 18.2 Å². The van der Waals surface area contributed by atoms with E-state index in [1.165, 1.54) is 6.07 Å². The second-order valence-electron chi connectivity index (χ2n) is 3.31. The van der Waals surface area contributed by atoms with Crippen LogP contribution in [-0.4, -0.2) is 39.9 Å². The molecule has 0 bridgehead atoms. The molecule has 102 valence electrons. The number of sulfonamides is 1. The molecule has 0 aromatic heterocycles. The first-order chi connectivity index (χ1) is 8.47. The molecule has 0 atom stereocenters. The van der Waals surface area contributed by atoms with Crippen molar-refractivity contribution < 1.29 is 22.7 Å². The quantitative estimate of drug-likeness (QED) is 0.729. The van der Waals surface area contributed by atoms with Gasteiger partial charge in [-0.3, -0.25) is 0 Å². The number of benzene rings is 1. The molecule has 0 aliphatic carbocycles. The number of nitrogens with one attached hydrogen (secondary N) is 1. The van der Waals surface area contributed by atoms with Gasteiger partial charge in [0, 0.05) is 6.54 Å². The fourth-order valence-electron chi connectivity index (χ4n) is 1.18. The average Bonchev–Trinajstić information content (AvgIpc) is 2.32. The second kappa shape index (κ2) is 7.01. The van der Waals surface area contributed by atoms with Crippen LogP contribution in [0, 0.1) is 5.82 Å². The fourth-order valence-corrected chi connectivity index (χ4v) is 2.70. The van der Waals surface area contributed by atoms with Crippen molar-refractivity contribution in [2.45, 2.75) is 4.90 Å². The summed E-state index contributed by atoms with van der Waals surface area (Å²) < 4.78 is 43.6. The van der Waals surface area contributed by atoms with Gasteiger partial charge < -0.3 is 9.84 Å². The molecule has 2 N–H and O–H groups in total. The molecular weight excluding hydrogens is 285 g/mol. The minimum atomic E-state index is -3.87. The van der Waals surface area contributed by atoms with Gasteiger partial charge in [0.25, 0.3) is 0 Å². The zero-order valence-electron chi connectivity index (χ0n) is 9.40. The van der Waals surface area contributed by atoms with Crippen LogP contribution >= 0.6 is 11.6 Å². The van der Waals surface area contributed by atoms with E-state index in [1.807, 2.05) is 0 Å². The maximum Gasteiger partial charge on any atom is 0.242 e. The molecule has 0 aliphatic heterocycles. The van der Waals surface area contributed by atoms with E-state index in [2.05, 4.69) is 4.72 Å². The molecule has 0 aliphatic rings. The van der Waals surface area contributed by atoms with Gasteiger partial charge in [-0.2, -0.15) is 0 Å². The fraction of sp³-hybridized carbons (Fsp3) is 0.400. The minimum absolute atomic E-state index is 0.00910. The van der Waals surface area contributed by atoms with Crippen LogP contribution in [0.1, 0.15) is 0 Å². The van der Waals surface area contributed by atoms with Crippen molar-refractivity contribution in [2.24, 2.45) is 0 Å². The summed E-state index contributed by atoms with van der Waals surface area (Å²) >= 11 is 5.69. The molecule has 0 heterocycles. The van der Waals surface area contributed by atoms with E-state index in [-0.39, 0.29) is 36.3 Å². The van der Waals surface area contributed by atoms with Gasteiger partial charge in [0.15, 0.2) is 0 Å². The molecule has 8 heteroatoms. The van der Waals surface area contributed by atoms with Crippen molar-refractivity contribution in [1.82, 2.24) is 4.72 Å². The SMILES string of the molecule is O=S(=O)(NCCOCCO)c1cc(F)ccc1Cl. The summed E-state index contributed by atoms with van der Waals surface area (Å²) in [6, 6.07) is 3.10. The van der Waals surface area contributed by atoms with E-state index in [9.17, 15) is 12.8 Å². The van der Waals surface area contributed by atoms with E-state index >= 15 is 0 Å². The van der Waals surface area contributed by atoms with Crippen LogP contribution in [0.4, 0.5) is 4.39 Å². The maximum absolute atomic E-state index is 13.0. The van der Waals surface area contributed by atoms with Crippen LogP contribution in [0.25, 0.3) is 0 Å². The standard InChI is InChI=1S/C10H13ClFNO4S/c11-9-2-1-8(12)7-10(9)18(15,16)13-3-5-17-6-4-14/h1-2,7,13-14H,3-6H2. The Morgan fingerprint density at radius 3 is 2.78 bits per heavy atom. The van der Waals surface area contributed by atoms with Crippen LogP contribution in [-0.2, 0) is 14.8 Å². The Kier molecular flexibility index (Phi) is 5.97. The van der Waals surface area contributed by atoms with Crippen molar-refractivity contribution in [3.8, 4) is 0 Å². The van der Waals surface area contributed by atoms with E-state index < -0.39 is 15.8 Å². The Balaban J connectivity index is 2.66. The number of hydrogen-bond acceptors (Lipinski definition) is 4. The molecular formula is C10H13ClFNO4S. The van der Waals surface area contributed by atoms with Crippen LogP contribution in [0.15, 0.2) is 23.1 Å². The number of halogens is 2. The van der Waals surface area contributed by atoms with Crippen LogP contribution in [0.2, 0.25) is 5.02 Å². The monoisotopic (exact) mass is 297 g/mol. The van der Waals surface area contributed by atoms with E-state index in [1.54, 1.807) is 0 Å². The van der Waals surface area contributed by atoms with Gasteiger partial charge in [0.1, 0.15) is 10.7 Å². The zero-order valence-corrected chi connectivity index (χ0v) is 11.0. The average molecular weight is 298 g/mol. The molecule has 0 amide bonds. The predicted octanol–water partition coefficient (Wildman–Crippen LogP) is 0.766. The van der Waals surface area contributed by atoms with Crippen LogP contribution in [0.3, 0.4) is 0 Å². The molecule has 1 aromatic carbocycles. The Morgan fingerprint density at radius 2 is 2.11 bits per heavy atom. The van der Waals surface area contributed by atoms with Gasteiger partial charge in [-0.15, -0.1) is 0 Å². The van der Waals surface area contributed by atoms with Crippen molar-refractivity contribution in [3.63, 3.8) is 0 Å². The van der Waals surface area contributed by atoms with Gasteiger partial charge in [-0.25, -0.2) is 17.5 Å². The lowest BCUT2D eigenvalue weighted by atomic mass is 10.3. The Labute approximate surface area is 110 Å². The lowest BCUT2D eigenvalue weighted by molar-refractivity contribution is 0.0961. The normalized spacial score (nSPS) is 11.7. The summed E-state index contributed by atoms with van der Waals surface area (Å²) in [5.41, 5.74) is 0. The first-order valence-corrected chi connectivity index (χ1v) is 6.97. The number of ether oxygens (including phenoxy) is 1. The van der Waals surface area contributed by atoms with E-state index in [0.29, 0.717) is 0 Å². The highest BCUT2D eigenvalue weighted by atomic mass is 35.5. The van der Waals surface area contributed by atoms with E-state index in [4.69, 9.17) is 21.4 Å². The predicted molar refractivity (Wildman–Crippen MR) is 64.5 cm³/mol. The maximum atomic E-state index is 13.0. The van der Waals surface area contributed by atoms with Crippen LogP contribution in [0.5, 0.6) is 0 Å². The van der Waals surface area contributed by atoms with Gasteiger partial charge >= 0.3 is 0 Å².